The van der Waals surface area contributed by atoms with E-state index in [2.05, 4.69) is 15.3 Å². The Morgan fingerprint density at radius 3 is 2.59 bits per heavy atom. The molecule has 12 heteroatoms. The number of rotatable bonds is 7. The SMILES string of the molecule is COc1cc(C[Se]C)nc(NC(=O)NS(=O)(=O)c2ccccc2C(=O)O)n1. The zero-order chi connectivity index (χ0) is 20.0. The molecular formula is C15H16N4O6SSe. The zero-order valence-electron chi connectivity index (χ0n) is 14.3. The molecule has 144 valence electrons. The number of nitrogens with zero attached hydrogens (tertiary/aromatic N) is 2. The Kier molecular flexibility index (Phi) is 6.72. The zero-order valence-corrected chi connectivity index (χ0v) is 16.8. The number of hydrogen-bond acceptors (Lipinski definition) is 7. The van der Waals surface area contributed by atoms with Gasteiger partial charge in [-0.1, -0.05) is 0 Å². The van der Waals surface area contributed by atoms with Crippen LogP contribution < -0.4 is 14.8 Å². The van der Waals surface area contributed by atoms with E-state index in [9.17, 15) is 18.0 Å². The van der Waals surface area contributed by atoms with Gasteiger partial charge in [0.15, 0.2) is 0 Å². The van der Waals surface area contributed by atoms with Crippen LogP contribution in [0.3, 0.4) is 0 Å². The molecule has 0 radical (unpaired) electrons. The van der Waals surface area contributed by atoms with E-state index in [0.29, 0.717) is 11.0 Å². The van der Waals surface area contributed by atoms with Crippen molar-refractivity contribution in [3.8, 4) is 5.88 Å². The van der Waals surface area contributed by atoms with E-state index in [-0.39, 0.29) is 26.8 Å². The predicted octanol–water partition coefficient (Wildman–Crippen LogP) is 0.946. The van der Waals surface area contributed by atoms with Crippen molar-refractivity contribution < 1.29 is 27.9 Å². The Labute approximate surface area is 161 Å². The number of carboxylic acids is 1. The Morgan fingerprint density at radius 1 is 1.26 bits per heavy atom. The Morgan fingerprint density at radius 2 is 1.96 bits per heavy atom. The van der Waals surface area contributed by atoms with Gasteiger partial charge >= 0.3 is 161 Å². The van der Waals surface area contributed by atoms with Crippen LogP contribution in [0, 0.1) is 0 Å². The number of amides is 2. The molecule has 0 aliphatic heterocycles. The summed E-state index contributed by atoms with van der Waals surface area (Å²) in [6.45, 7) is 0. The van der Waals surface area contributed by atoms with E-state index in [1.807, 2.05) is 5.82 Å². The van der Waals surface area contributed by atoms with Crippen LogP contribution in [0.15, 0.2) is 35.2 Å². The fraction of sp³-hybridized carbons (Fsp3) is 0.200. The first-order valence-corrected chi connectivity index (χ1v) is 11.7. The predicted molar refractivity (Wildman–Crippen MR) is 96.6 cm³/mol. The number of nitrogens with one attached hydrogen (secondary N) is 2. The quantitative estimate of drug-likeness (QED) is 0.519. The van der Waals surface area contributed by atoms with Crippen molar-refractivity contribution in [3.05, 3.63) is 41.6 Å². The van der Waals surface area contributed by atoms with E-state index in [1.54, 1.807) is 10.8 Å². The van der Waals surface area contributed by atoms with Crippen LogP contribution in [0.1, 0.15) is 16.1 Å². The third-order valence-corrected chi connectivity index (χ3v) is 5.73. The number of ether oxygens (including phenoxy) is 1. The van der Waals surface area contributed by atoms with Gasteiger partial charge in [0.25, 0.3) is 0 Å². The van der Waals surface area contributed by atoms with Crippen molar-refractivity contribution in [1.82, 2.24) is 14.7 Å². The van der Waals surface area contributed by atoms with Crippen LogP contribution in [0.4, 0.5) is 10.7 Å². The molecule has 0 spiro atoms. The van der Waals surface area contributed by atoms with Crippen LogP contribution in [-0.2, 0) is 15.3 Å². The second kappa shape index (κ2) is 8.80. The maximum atomic E-state index is 12.4. The van der Waals surface area contributed by atoms with Crippen molar-refractivity contribution in [1.29, 1.82) is 0 Å². The molecule has 0 saturated heterocycles. The van der Waals surface area contributed by atoms with Crippen molar-refractivity contribution in [3.63, 3.8) is 0 Å². The summed E-state index contributed by atoms with van der Waals surface area (Å²) < 4.78 is 31.5. The first-order valence-electron chi connectivity index (χ1n) is 7.34. The molecule has 10 nitrogen and oxygen atoms in total. The van der Waals surface area contributed by atoms with Gasteiger partial charge in [-0.15, -0.1) is 0 Å². The van der Waals surface area contributed by atoms with Gasteiger partial charge in [0.2, 0.25) is 0 Å². The minimum atomic E-state index is -4.42. The number of carbonyl (C=O) groups is 2. The van der Waals surface area contributed by atoms with Crippen LogP contribution in [0.25, 0.3) is 0 Å². The standard InChI is InChI=1S/C15H16N4O6SSe/c1-25-12-7-9(8-27-2)16-14(17-12)18-15(22)19-26(23,24)11-6-4-3-5-10(11)13(20)21/h3-7H,8H2,1-2H3,(H,20,21)(H2,16,17,18,19,22). The summed E-state index contributed by atoms with van der Waals surface area (Å²) in [7, 11) is -3.01. The summed E-state index contributed by atoms with van der Waals surface area (Å²) >= 11 is 0.281. The van der Waals surface area contributed by atoms with E-state index < -0.39 is 32.5 Å². The van der Waals surface area contributed by atoms with Gasteiger partial charge in [-0.3, -0.25) is 0 Å². The maximum absolute atomic E-state index is 12.4. The number of methoxy groups -OCH3 is 1. The van der Waals surface area contributed by atoms with Crippen molar-refractivity contribution >= 4 is 42.9 Å². The van der Waals surface area contributed by atoms with E-state index in [1.165, 1.54) is 19.2 Å². The van der Waals surface area contributed by atoms with Crippen LogP contribution in [0.2, 0.25) is 5.82 Å². The number of aromatic carboxylic acids is 1. The molecule has 27 heavy (non-hydrogen) atoms. The molecule has 0 aliphatic carbocycles. The number of anilines is 1. The molecule has 0 atom stereocenters. The molecule has 0 fully saturated rings. The molecule has 1 aromatic carbocycles. The Bertz CT molecular complexity index is 967. The Hall–Kier alpha value is -2.69. The Balaban J connectivity index is 2.23. The average molecular weight is 459 g/mol. The van der Waals surface area contributed by atoms with Crippen molar-refractivity contribution in [2.75, 3.05) is 12.4 Å². The van der Waals surface area contributed by atoms with E-state index in [0.717, 1.165) is 12.1 Å². The number of urea groups is 1. The third kappa shape index (κ3) is 5.39. The van der Waals surface area contributed by atoms with Crippen molar-refractivity contribution in [2.24, 2.45) is 0 Å². The number of hydrogen-bond donors (Lipinski definition) is 3. The van der Waals surface area contributed by atoms with Gasteiger partial charge in [0.05, 0.1) is 0 Å². The molecular weight excluding hydrogens is 443 g/mol. The summed E-state index contributed by atoms with van der Waals surface area (Å²) in [4.78, 5) is 30.8. The second-order valence-electron chi connectivity index (χ2n) is 5.02. The molecule has 1 aromatic heterocycles. The van der Waals surface area contributed by atoms with Crippen LogP contribution in [0.5, 0.6) is 5.88 Å². The molecule has 0 bridgehead atoms. The molecule has 0 unspecified atom stereocenters. The molecule has 2 amide bonds. The first-order chi connectivity index (χ1) is 12.8. The number of carbonyl (C=O) groups excluding carboxylic acids is 1. The summed E-state index contributed by atoms with van der Waals surface area (Å²) in [5, 5.41) is 12.0. The van der Waals surface area contributed by atoms with Gasteiger partial charge in [-0.05, 0) is 0 Å². The van der Waals surface area contributed by atoms with Crippen LogP contribution >= 0.6 is 0 Å². The van der Waals surface area contributed by atoms with Crippen LogP contribution in [-0.4, -0.2) is 57.6 Å². The fourth-order valence-electron chi connectivity index (χ4n) is 2.04. The molecule has 2 rings (SSSR count). The van der Waals surface area contributed by atoms with Gasteiger partial charge in [0.1, 0.15) is 0 Å². The fourth-order valence-corrected chi connectivity index (χ4v) is 4.07. The number of benzene rings is 1. The van der Waals surface area contributed by atoms with Gasteiger partial charge in [0, 0.05) is 0 Å². The van der Waals surface area contributed by atoms with Crippen molar-refractivity contribution in [2.45, 2.75) is 16.0 Å². The molecule has 2 aromatic rings. The summed E-state index contributed by atoms with van der Waals surface area (Å²) in [6.07, 6.45) is 0. The average Bonchev–Trinajstić information content (AvgIpc) is 2.61. The number of sulfonamides is 1. The third-order valence-electron chi connectivity index (χ3n) is 3.12. The van der Waals surface area contributed by atoms with E-state index in [4.69, 9.17) is 9.84 Å². The summed E-state index contributed by atoms with van der Waals surface area (Å²) in [5.41, 5.74) is 0.182. The molecule has 1 heterocycles. The normalized spacial score (nSPS) is 10.9. The number of aromatic nitrogens is 2. The number of carboxylic acid groups (broad SMARTS) is 1. The van der Waals surface area contributed by atoms with Gasteiger partial charge < -0.3 is 0 Å². The van der Waals surface area contributed by atoms with Gasteiger partial charge in [-0.25, -0.2) is 0 Å². The van der Waals surface area contributed by atoms with E-state index >= 15 is 0 Å². The first kappa shape index (κ1) is 20.6. The monoisotopic (exact) mass is 460 g/mol. The topological polar surface area (TPSA) is 148 Å². The summed E-state index contributed by atoms with van der Waals surface area (Å²) in [5.74, 6) is 0.665. The minimum absolute atomic E-state index is 0.132. The summed E-state index contributed by atoms with van der Waals surface area (Å²) in [6, 6.07) is 5.43. The molecule has 0 saturated carbocycles. The van der Waals surface area contributed by atoms with Gasteiger partial charge in [-0.2, -0.15) is 0 Å². The molecule has 0 aliphatic rings. The second-order valence-corrected chi connectivity index (χ2v) is 8.49. The molecule has 3 N–H and O–H groups in total.